The van der Waals surface area contributed by atoms with Crippen molar-refractivity contribution in [2.24, 2.45) is 0 Å². The van der Waals surface area contributed by atoms with Gasteiger partial charge in [0.2, 0.25) is 0 Å². The van der Waals surface area contributed by atoms with Crippen LogP contribution in [0.4, 0.5) is 5.82 Å². The van der Waals surface area contributed by atoms with Gasteiger partial charge in [0.05, 0.1) is 11.7 Å². The van der Waals surface area contributed by atoms with Gasteiger partial charge in [-0.05, 0) is 31.5 Å². The Morgan fingerprint density at radius 3 is 3.00 bits per heavy atom. The minimum atomic E-state index is 0.771. The lowest BCUT2D eigenvalue weighted by Gasteiger charge is -2.00. The molecule has 0 bridgehead atoms. The van der Waals surface area contributed by atoms with Gasteiger partial charge in [-0.1, -0.05) is 18.6 Å². The summed E-state index contributed by atoms with van der Waals surface area (Å²) in [6, 6.07) is 8.18. The highest BCUT2D eigenvalue weighted by molar-refractivity contribution is 6.99. The van der Waals surface area contributed by atoms with Gasteiger partial charge in [-0.2, -0.15) is 8.75 Å². The minimum absolute atomic E-state index is 0.771. The highest BCUT2D eigenvalue weighted by atomic mass is 32.1. The van der Waals surface area contributed by atoms with Crippen molar-refractivity contribution < 1.29 is 4.42 Å². The molecule has 5 heteroatoms. The summed E-state index contributed by atoms with van der Waals surface area (Å²) in [7, 11) is 0. The summed E-state index contributed by atoms with van der Waals surface area (Å²) in [6.45, 7) is 5.08. The molecule has 0 saturated carbocycles. The number of hydrogen-bond donors (Lipinski definition) is 1. The van der Waals surface area contributed by atoms with E-state index in [-0.39, 0.29) is 0 Å². The molecule has 0 saturated heterocycles. The second kappa shape index (κ2) is 5.01. The molecule has 3 rings (SSSR count). The Kier molecular flexibility index (Phi) is 3.21. The fourth-order valence-electron chi connectivity index (χ4n) is 1.99. The maximum Gasteiger partial charge on any atom is 0.171 e. The largest absolute Gasteiger partial charge is 0.454 e. The molecule has 0 spiro atoms. The lowest BCUT2D eigenvalue weighted by atomic mass is 10.2. The number of furan rings is 1. The van der Waals surface area contributed by atoms with Gasteiger partial charge in [0.25, 0.3) is 0 Å². The van der Waals surface area contributed by atoms with E-state index in [2.05, 4.69) is 34.0 Å². The molecule has 0 aliphatic heterocycles. The number of benzene rings is 1. The molecule has 3 aromatic rings. The second-order valence-corrected chi connectivity index (χ2v) is 5.07. The Balaban J connectivity index is 2.01. The minimum Gasteiger partial charge on any atom is -0.454 e. The lowest BCUT2D eigenvalue weighted by Crippen LogP contribution is -2.00. The maximum atomic E-state index is 5.85. The average molecular weight is 273 g/mol. The molecular formula is C14H15N3OS. The Hall–Kier alpha value is -1.88. The van der Waals surface area contributed by atoms with Gasteiger partial charge in [-0.3, -0.25) is 0 Å². The van der Waals surface area contributed by atoms with E-state index < -0.39 is 0 Å². The zero-order valence-electron chi connectivity index (χ0n) is 10.9. The standard InChI is InChI=1S/C14H15N3OS/c1-3-6-15-14-13(16-19-17-14)12-8-10-7-9(2)4-5-11(10)18-12/h4-5,7-8H,3,6H2,1-2H3,(H,15,17). The van der Waals surface area contributed by atoms with Crippen molar-refractivity contribution >= 4 is 28.5 Å². The van der Waals surface area contributed by atoms with Crippen LogP contribution in [0.2, 0.25) is 0 Å². The van der Waals surface area contributed by atoms with Crippen LogP contribution in [0, 0.1) is 6.92 Å². The monoisotopic (exact) mass is 273 g/mol. The fourth-order valence-corrected chi connectivity index (χ4v) is 2.52. The predicted molar refractivity (Wildman–Crippen MR) is 78.6 cm³/mol. The molecule has 0 aliphatic carbocycles. The molecule has 4 nitrogen and oxygen atoms in total. The summed E-state index contributed by atoms with van der Waals surface area (Å²) in [5, 5.41) is 4.38. The van der Waals surface area contributed by atoms with Crippen molar-refractivity contribution in [3.63, 3.8) is 0 Å². The second-order valence-electron chi connectivity index (χ2n) is 4.54. The van der Waals surface area contributed by atoms with Crippen LogP contribution in [-0.4, -0.2) is 15.3 Å². The van der Waals surface area contributed by atoms with Crippen LogP contribution in [-0.2, 0) is 0 Å². The number of fused-ring (bicyclic) bond motifs is 1. The highest BCUT2D eigenvalue weighted by Gasteiger charge is 2.14. The first-order valence-corrected chi connectivity index (χ1v) is 7.08. The molecule has 19 heavy (non-hydrogen) atoms. The summed E-state index contributed by atoms with van der Waals surface area (Å²) < 4.78 is 14.5. The molecular weight excluding hydrogens is 258 g/mol. The third kappa shape index (κ3) is 2.33. The average Bonchev–Trinajstić information content (AvgIpc) is 3.01. The molecule has 1 aromatic carbocycles. The van der Waals surface area contributed by atoms with Crippen molar-refractivity contribution in [3.8, 4) is 11.5 Å². The number of aromatic nitrogens is 2. The Bertz CT molecular complexity index is 702. The van der Waals surface area contributed by atoms with E-state index in [4.69, 9.17) is 4.42 Å². The van der Waals surface area contributed by atoms with Crippen LogP contribution in [0.5, 0.6) is 0 Å². The summed E-state index contributed by atoms with van der Waals surface area (Å²) in [5.41, 5.74) is 2.91. The van der Waals surface area contributed by atoms with Crippen molar-refractivity contribution in [2.45, 2.75) is 20.3 Å². The third-order valence-electron chi connectivity index (χ3n) is 2.94. The van der Waals surface area contributed by atoms with Crippen LogP contribution in [0.25, 0.3) is 22.4 Å². The number of nitrogens with one attached hydrogen (secondary N) is 1. The smallest absolute Gasteiger partial charge is 0.171 e. The van der Waals surface area contributed by atoms with E-state index in [0.29, 0.717) is 0 Å². The van der Waals surface area contributed by atoms with Crippen molar-refractivity contribution in [1.29, 1.82) is 0 Å². The molecule has 0 aliphatic rings. The first-order chi connectivity index (χ1) is 9.28. The van der Waals surface area contributed by atoms with Crippen LogP contribution in [0.15, 0.2) is 28.7 Å². The molecule has 0 fully saturated rings. The number of nitrogens with zero attached hydrogens (tertiary/aromatic N) is 2. The normalized spacial score (nSPS) is 11.1. The molecule has 2 heterocycles. The lowest BCUT2D eigenvalue weighted by molar-refractivity contribution is 0.629. The summed E-state index contributed by atoms with van der Waals surface area (Å²) in [4.78, 5) is 0. The van der Waals surface area contributed by atoms with Gasteiger partial charge in [0, 0.05) is 11.9 Å². The molecule has 2 aromatic heterocycles. The Labute approximate surface area is 115 Å². The molecule has 1 N–H and O–H groups in total. The SMILES string of the molecule is CCCNc1nsnc1-c1cc2cc(C)ccc2o1. The van der Waals surface area contributed by atoms with Crippen molar-refractivity contribution in [2.75, 3.05) is 11.9 Å². The van der Waals surface area contributed by atoms with E-state index in [1.54, 1.807) is 0 Å². The Morgan fingerprint density at radius 2 is 2.16 bits per heavy atom. The number of rotatable bonds is 4. The van der Waals surface area contributed by atoms with Crippen LogP contribution in [0.3, 0.4) is 0 Å². The van der Waals surface area contributed by atoms with Crippen LogP contribution in [0.1, 0.15) is 18.9 Å². The van der Waals surface area contributed by atoms with Crippen molar-refractivity contribution in [1.82, 2.24) is 8.75 Å². The van der Waals surface area contributed by atoms with E-state index in [1.807, 2.05) is 18.2 Å². The fraction of sp³-hybridized carbons (Fsp3) is 0.286. The first-order valence-electron chi connectivity index (χ1n) is 6.35. The van der Waals surface area contributed by atoms with Crippen molar-refractivity contribution in [3.05, 3.63) is 29.8 Å². The van der Waals surface area contributed by atoms with Gasteiger partial charge in [0.1, 0.15) is 5.58 Å². The topological polar surface area (TPSA) is 51.0 Å². The third-order valence-corrected chi connectivity index (χ3v) is 3.46. The molecule has 0 amide bonds. The quantitative estimate of drug-likeness (QED) is 0.778. The van der Waals surface area contributed by atoms with Gasteiger partial charge < -0.3 is 9.73 Å². The van der Waals surface area contributed by atoms with E-state index in [0.717, 1.165) is 41.2 Å². The number of anilines is 1. The van der Waals surface area contributed by atoms with E-state index in [9.17, 15) is 0 Å². The number of hydrogen-bond acceptors (Lipinski definition) is 5. The van der Waals surface area contributed by atoms with Crippen LogP contribution < -0.4 is 5.32 Å². The molecule has 0 unspecified atom stereocenters. The van der Waals surface area contributed by atoms with Gasteiger partial charge in [0.15, 0.2) is 17.3 Å². The summed E-state index contributed by atoms with van der Waals surface area (Å²) in [5.74, 6) is 1.58. The first kappa shape index (κ1) is 12.2. The molecule has 0 radical (unpaired) electrons. The maximum absolute atomic E-state index is 5.85. The van der Waals surface area contributed by atoms with Crippen LogP contribution >= 0.6 is 11.7 Å². The zero-order chi connectivity index (χ0) is 13.2. The van der Waals surface area contributed by atoms with Gasteiger partial charge in [-0.25, -0.2) is 0 Å². The highest BCUT2D eigenvalue weighted by Crippen LogP contribution is 2.31. The van der Waals surface area contributed by atoms with E-state index >= 15 is 0 Å². The van der Waals surface area contributed by atoms with Gasteiger partial charge >= 0.3 is 0 Å². The van der Waals surface area contributed by atoms with E-state index in [1.165, 1.54) is 17.3 Å². The summed E-state index contributed by atoms with van der Waals surface area (Å²) in [6.07, 6.45) is 1.05. The number of aryl methyl sites for hydroxylation is 1. The zero-order valence-corrected chi connectivity index (χ0v) is 11.8. The summed E-state index contributed by atoms with van der Waals surface area (Å²) >= 11 is 1.20. The van der Waals surface area contributed by atoms with Gasteiger partial charge in [-0.15, -0.1) is 0 Å². The molecule has 0 atom stereocenters. The molecule has 98 valence electrons. The Morgan fingerprint density at radius 1 is 1.26 bits per heavy atom. The predicted octanol–water partition coefficient (Wildman–Crippen LogP) is 4.08.